The highest BCUT2D eigenvalue weighted by molar-refractivity contribution is 6.39. The lowest BCUT2D eigenvalue weighted by molar-refractivity contribution is -0.144. The van der Waals surface area contributed by atoms with E-state index < -0.39 is 12.0 Å². The van der Waals surface area contributed by atoms with Crippen molar-refractivity contribution < 1.29 is 19.1 Å². The lowest BCUT2D eigenvalue weighted by Gasteiger charge is -2.21. The number of hydrogen-bond acceptors (Lipinski definition) is 4. The second-order valence-electron chi connectivity index (χ2n) is 5.05. The third-order valence-corrected chi connectivity index (χ3v) is 3.76. The molecule has 0 radical (unpaired) electrons. The number of rotatable bonds is 9. The summed E-state index contributed by atoms with van der Waals surface area (Å²) in [7, 11) is 1.53. The molecule has 0 heterocycles. The molecule has 0 aliphatic carbocycles. The molecule has 0 bridgehead atoms. The number of nitrogens with one attached hydrogen (secondary N) is 1. The lowest BCUT2D eigenvalue weighted by Crippen LogP contribution is -2.41. The van der Waals surface area contributed by atoms with Crippen LogP contribution in [0.2, 0.25) is 10.0 Å². The maximum Gasteiger partial charge on any atom is 0.251 e. The van der Waals surface area contributed by atoms with Crippen LogP contribution in [0.15, 0.2) is 18.2 Å². The number of amides is 2. The summed E-state index contributed by atoms with van der Waals surface area (Å²) < 4.78 is 10.5. The van der Waals surface area contributed by atoms with Crippen LogP contribution < -0.4 is 5.32 Å². The van der Waals surface area contributed by atoms with Crippen LogP contribution in [0.25, 0.3) is 0 Å². The predicted octanol–water partition coefficient (Wildman–Crippen LogP) is 2.83. The van der Waals surface area contributed by atoms with Crippen molar-refractivity contribution in [1.82, 2.24) is 4.90 Å². The maximum atomic E-state index is 12.2. The van der Waals surface area contributed by atoms with Crippen LogP contribution in [0.4, 0.5) is 5.69 Å². The Hall–Kier alpha value is -1.34. The van der Waals surface area contributed by atoms with E-state index >= 15 is 0 Å². The number of carbonyl (C=O) groups is 2. The summed E-state index contributed by atoms with van der Waals surface area (Å²) in [6, 6.07) is 4.91. The Kier molecular flexibility index (Phi) is 9.07. The van der Waals surface area contributed by atoms with Crippen molar-refractivity contribution >= 4 is 40.7 Å². The average Bonchev–Trinajstić information content (AvgIpc) is 2.54. The largest absolute Gasteiger partial charge is 0.379 e. The number of para-hydroxylation sites is 1. The van der Waals surface area contributed by atoms with E-state index in [-0.39, 0.29) is 12.5 Å². The van der Waals surface area contributed by atoms with Crippen LogP contribution in [0, 0.1) is 0 Å². The van der Waals surface area contributed by atoms with Crippen molar-refractivity contribution in [2.45, 2.75) is 20.0 Å². The van der Waals surface area contributed by atoms with E-state index in [0.29, 0.717) is 35.6 Å². The summed E-state index contributed by atoms with van der Waals surface area (Å²) in [6.45, 7) is 4.70. The fourth-order valence-corrected chi connectivity index (χ4v) is 2.39. The average molecular weight is 377 g/mol. The Morgan fingerprint density at radius 2 is 1.88 bits per heavy atom. The van der Waals surface area contributed by atoms with E-state index in [0.717, 1.165) is 0 Å². The van der Waals surface area contributed by atoms with E-state index in [9.17, 15) is 9.59 Å². The number of carbonyl (C=O) groups excluding carboxylic acids is 2. The number of nitrogens with zero attached hydrogens (tertiary/aromatic N) is 1. The quantitative estimate of drug-likeness (QED) is 0.672. The molecule has 0 aliphatic heterocycles. The van der Waals surface area contributed by atoms with Gasteiger partial charge in [-0.2, -0.15) is 0 Å². The van der Waals surface area contributed by atoms with Crippen LogP contribution in [-0.4, -0.2) is 56.2 Å². The third-order valence-electron chi connectivity index (χ3n) is 3.13. The van der Waals surface area contributed by atoms with Crippen molar-refractivity contribution in [2.75, 3.05) is 38.7 Å². The van der Waals surface area contributed by atoms with Gasteiger partial charge < -0.3 is 19.7 Å². The molecule has 0 saturated carbocycles. The van der Waals surface area contributed by atoms with Crippen molar-refractivity contribution in [2.24, 2.45) is 0 Å². The standard InChI is InChI=1S/C16H22Cl2N2O4/c1-4-23-8-9-24-11(2)16(22)20(3)10-14(21)19-15-12(17)6-5-7-13(15)18/h5-7,11H,4,8-10H2,1-3H3,(H,19,21). The number of benzene rings is 1. The van der Waals surface area contributed by atoms with Gasteiger partial charge in [0.15, 0.2) is 0 Å². The van der Waals surface area contributed by atoms with Gasteiger partial charge in [-0.25, -0.2) is 0 Å². The molecule has 8 heteroatoms. The fourth-order valence-electron chi connectivity index (χ4n) is 1.90. The highest BCUT2D eigenvalue weighted by atomic mass is 35.5. The Bertz CT molecular complexity index is 549. The third kappa shape index (κ3) is 6.65. The molecule has 0 aliphatic rings. The van der Waals surface area contributed by atoms with E-state index in [4.69, 9.17) is 32.7 Å². The predicted molar refractivity (Wildman–Crippen MR) is 94.6 cm³/mol. The molecule has 0 spiro atoms. The highest BCUT2D eigenvalue weighted by Gasteiger charge is 2.20. The van der Waals surface area contributed by atoms with Gasteiger partial charge in [-0.3, -0.25) is 9.59 Å². The number of hydrogen-bond donors (Lipinski definition) is 1. The summed E-state index contributed by atoms with van der Waals surface area (Å²) in [5, 5.41) is 3.27. The van der Waals surface area contributed by atoms with Crippen LogP contribution in [0.5, 0.6) is 0 Å². The number of anilines is 1. The molecular formula is C16H22Cl2N2O4. The Labute approximate surface area is 152 Å². The molecule has 0 aromatic heterocycles. The van der Waals surface area contributed by atoms with Gasteiger partial charge >= 0.3 is 0 Å². The molecule has 134 valence electrons. The first-order valence-electron chi connectivity index (χ1n) is 7.55. The topological polar surface area (TPSA) is 67.9 Å². The van der Waals surface area contributed by atoms with Crippen molar-refractivity contribution in [3.63, 3.8) is 0 Å². The molecule has 1 aromatic rings. The van der Waals surface area contributed by atoms with Crippen LogP contribution in [0.1, 0.15) is 13.8 Å². The molecule has 1 aromatic carbocycles. The minimum atomic E-state index is -0.660. The second-order valence-corrected chi connectivity index (χ2v) is 5.86. The Balaban J connectivity index is 2.49. The van der Waals surface area contributed by atoms with Gasteiger partial charge in [0, 0.05) is 13.7 Å². The fraction of sp³-hybridized carbons (Fsp3) is 0.500. The van der Waals surface area contributed by atoms with E-state index in [1.807, 2.05) is 6.92 Å². The molecule has 0 saturated heterocycles. The molecule has 1 rings (SSSR count). The van der Waals surface area contributed by atoms with Gasteiger partial charge in [0.05, 0.1) is 35.5 Å². The summed E-state index contributed by atoms with van der Waals surface area (Å²) in [5.41, 5.74) is 0.327. The maximum absolute atomic E-state index is 12.2. The monoisotopic (exact) mass is 376 g/mol. The summed E-state index contributed by atoms with van der Waals surface area (Å²) >= 11 is 12.0. The molecule has 1 N–H and O–H groups in total. The molecule has 24 heavy (non-hydrogen) atoms. The van der Waals surface area contributed by atoms with Gasteiger partial charge in [0.2, 0.25) is 5.91 Å². The van der Waals surface area contributed by atoms with Crippen LogP contribution >= 0.6 is 23.2 Å². The van der Waals surface area contributed by atoms with E-state index in [1.54, 1.807) is 25.1 Å². The summed E-state index contributed by atoms with van der Waals surface area (Å²) in [6.07, 6.45) is -0.660. The first-order valence-corrected chi connectivity index (χ1v) is 8.30. The van der Waals surface area contributed by atoms with Gasteiger partial charge in [-0.05, 0) is 26.0 Å². The first-order chi connectivity index (χ1) is 11.4. The van der Waals surface area contributed by atoms with Gasteiger partial charge in [0.1, 0.15) is 6.10 Å². The SMILES string of the molecule is CCOCCOC(C)C(=O)N(C)CC(=O)Nc1c(Cl)cccc1Cl. The molecule has 1 unspecified atom stereocenters. The van der Waals surface area contributed by atoms with Crippen LogP contribution in [-0.2, 0) is 19.1 Å². The minimum Gasteiger partial charge on any atom is -0.379 e. The molecule has 2 amide bonds. The Morgan fingerprint density at radius 3 is 2.46 bits per heavy atom. The normalized spacial score (nSPS) is 11.9. The van der Waals surface area contributed by atoms with Gasteiger partial charge in [0.25, 0.3) is 5.91 Å². The minimum absolute atomic E-state index is 0.139. The zero-order valence-corrected chi connectivity index (χ0v) is 15.5. The molecular weight excluding hydrogens is 355 g/mol. The van der Waals surface area contributed by atoms with Gasteiger partial charge in [-0.1, -0.05) is 29.3 Å². The molecule has 0 fully saturated rings. The Morgan fingerprint density at radius 1 is 1.25 bits per heavy atom. The van der Waals surface area contributed by atoms with E-state index in [2.05, 4.69) is 5.32 Å². The highest BCUT2D eigenvalue weighted by Crippen LogP contribution is 2.29. The van der Waals surface area contributed by atoms with E-state index in [1.165, 1.54) is 11.9 Å². The molecule has 1 atom stereocenters. The summed E-state index contributed by atoms with van der Waals surface area (Å²) in [5.74, 6) is -0.700. The molecule has 6 nitrogen and oxygen atoms in total. The first kappa shape index (κ1) is 20.7. The zero-order chi connectivity index (χ0) is 18.1. The second kappa shape index (κ2) is 10.5. The number of likely N-dealkylation sites (N-methyl/N-ethyl adjacent to an activating group) is 1. The van der Waals surface area contributed by atoms with Crippen molar-refractivity contribution in [1.29, 1.82) is 0 Å². The smallest absolute Gasteiger partial charge is 0.251 e. The number of ether oxygens (including phenoxy) is 2. The summed E-state index contributed by atoms with van der Waals surface area (Å²) in [4.78, 5) is 25.5. The van der Waals surface area contributed by atoms with Gasteiger partial charge in [-0.15, -0.1) is 0 Å². The zero-order valence-electron chi connectivity index (χ0n) is 14.0. The number of halogens is 2. The van der Waals surface area contributed by atoms with Crippen LogP contribution in [0.3, 0.4) is 0 Å². The lowest BCUT2D eigenvalue weighted by atomic mass is 10.3. The van der Waals surface area contributed by atoms with Crippen molar-refractivity contribution in [3.05, 3.63) is 28.2 Å². The van der Waals surface area contributed by atoms with Crippen molar-refractivity contribution in [3.8, 4) is 0 Å².